The Hall–Kier alpha value is -2.86. The number of esters is 2. The van der Waals surface area contributed by atoms with Crippen LogP contribution in [0.1, 0.15) is 37.3 Å². The molecule has 158 valence electrons. The van der Waals surface area contributed by atoms with Gasteiger partial charge in [0, 0.05) is 10.7 Å². The Morgan fingerprint density at radius 1 is 1.03 bits per heavy atom. The van der Waals surface area contributed by atoms with E-state index in [0.29, 0.717) is 21.8 Å². The lowest BCUT2D eigenvalue weighted by Crippen LogP contribution is -2.48. The Kier molecular flexibility index (Phi) is 6.77. The first-order valence-corrected chi connectivity index (χ1v) is 10.3. The van der Waals surface area contributed by atoms with Crippen molar-refractivity contribution in [1.29, 1.82) is 0 Å². The Labute approximate surface area is 180 Å². The zero-order chi connectivity index (χ0) is 21.7. The number of halogens is 1. The number of carbonyl (C=O) groups is 3. The van der Waals surface area contributed by atoms with Crippen LogP contribution in [0.3, 0.4) is 0 Å². The third-order valence-electron chi connectivity index (χ3n) is 5.22. The molecule has 7 heteroatoms. The fraction of sp³-hybridized carbons (Fsp3) is 0.348. The van der Waals surface area contributed by atoms with Gasteiger partial charge in [-0.15, -0.1) is 0 Å². The number of nitrogens with one attached hydrogen (secondary N) is 1. The SMILES string of the molecule is CCOC(=O)C1(C(=O)OCC)Cc2ccc(Cl)cc2C(C(=O)Nc2ccccc2)C1. The normalized spacial score (nSPS) is 16.8. The summed E-state index contributed by atoms with van der Waals surface area (Å²) in [5.41, 5.74) is 0.417. The number of rotatable bonds is 6. The van der Waals surface area contributed by atoms with Crippen LogP contribution >= 0.6 is 11.6 Å². The number of anilines is 1. The molecule has 0 spiro atoms. The van der Waals surface area contributed by atoms with Crippen molar-refractivity contribution in [2.75, 3.05) is 18.5 Å². The van der Waals surface area contributed by atoms with Crippen molar-refractivity contribution in [3.8, 4) is 0 Å². The molecule has 3 rings (SSSR count). The number of para-hydroxylation sites is 1. The molecular weight excluding hydrogens is 406 g/mol. The van der Waals surface area contributed by atoms with Gasteiger partial charge in [-0.25, -0.2) is 0 Å². The van der Waals surface area contributed by atoms with Crippen molar-refractivity contribution in [2.24, 2.45) is 5.41 Å². The number of hydrogen-bond acceptors (Lipinski definition) is 5. The first-order valence-electron chi connectivity index (χ1n) is 9.90. The largest absolute Gasteiger partial charge is 0.465 e. The number of fused-ring (bicyclic) bond motifs is 1. The van der Waals surface area contributed by atoms with Crippen LogP contribution in [0.15, 0.2) is 48.5 Å². The van der Waals surface area contributed by atoms with Crippen molar-refractivity contribution in [3.63, 3.8) is 0 Å². The molecule has 1 amide bonds. The van der Waals surface area contributed by atoms with Gasteiger partial charge in [-0.2, -0.15) is 0 Å². The lowest BCUT2D eigenvalue weighted by atomic mass is 9.66. The summed E-state index contributed by atoms with van der Waals surface area (Å²) < 4.78 is 10.5. The van der Waals surface area contributed by atoms with Gasteiger partial charge in [0.25, 0.3) is 0 Å². The van der Waals surface area contributed by atoms with E-state index in [-0.39, 0.29) is 32.0 Å². The van der Waals surface area contributed by atoms with Crippen LogP contribution in [0.4, 0.5) is 5.69 Å². The average molecular weight is 430 g/mol. The molecule has 0 bridgehead atoms. The van der Waals surface area contributed by atoms with E-state index < -0.39 is 23.3 Å². The van der Waals surface area contributed by atoms with E-state index in [9.17, 15) is 14.4 Å². The zero-order valence-electron chi connectivity index (χ0n) is 16.9. The van der Waals surface area contributed by atoms with Crippen LogP contribution < -0.4 is 5.32 Å². The van der Waals surface area contributed by atoms with Crippen molar-refractivity contribution < 1.29 is 23.9 Å². The van der Waals surface area contributed by atoms with Gasteiger partial charge >= 0.3 is 11.9 Å². The highest BCUT2D eigenvalue weighted by Gasteiger charge is 2.54. The Balaban J connectivity index is 2.05. The number of hydrogen-bond donors (Lipinski definition) is 1. The van der Waals surface area contributed by atoms with Gasteiger partial charge in [-0.1, -0.05) is 35.9 Å². The maximum atomic E-state index is 13.2. The number of benzene rings is 2. The fourth-order valence-corrected chi connectivity index (χ4v) is 4.01. The van der Waals surface area contributed by atoms with Crippen LogP contribution in [0.5, 0.6) is 0 Å². The molecule has 0 radical (unpaired) electrons. The molecule has 0 fully saturated rings. The van der Waals surface area contributed by atoms with E-state index in [0.717, 1.165) is 0 Å². The van der Waals surface area contributed by atoms with E-state index >= 15 is 0 Å². The highest BCUT2D eigenvalue weighted by molar-refractivity contribution is 6.30. The van der Waals surface area contributed by atoms with Crippen LogP contribution in [-0.4, -0.2) is 31.1 Å². The summed E-state index contributed by atoms with van der Waals surface area (Å²) in [6.07, 6.45) is 0.0307. The van der Waals surface area contributed by atoms with Gasteiger partial charge in [0.05, 0.1) is 19.1 Å². The second-order valence-electron chi connectivity index (χ2n) is 7.15. The van der Waals surface area contributed by atoms with Crippen molar-refractivity contribution in [1.82, 2.24) is 0 Å². The first kappa shape index (κ1) is 21.8. The van der Waals surface area contributed by atoms with E-state index in [2.05, 4.69) is 5.32 Å². The summed E-state index contributed by atoms with van der Waals surface area (Å²) in [4.78, 5) is 39.1. The molecule has 1 N–H and O–H groups in total. The van der Waals surface area contributed by atoms with Gasteiger partial charge < -0.3 is 14.8 Å². The quantitative estimate of drug-likeness (QED) is 0.551. The molecule has 1 atom stereocenters. The average Bonchev–Trinajstić information content (AvgIpc) is 2.74. The second-order valence-corrected chi connectivity index (χ2v) is 7.59. The Morgan fingerprint density at radius 2 is 1.67 bits per heavy atom. The highest BCUT2D eigenvalue weighted by atomic mass is 35.5. The van der Waals surface area contributed by atoms with Gasteiger partial charge in [-0.05, 0) is 62.1 Å². The molecule has 1 aliphatic rings. The lowest BCUT2D eigenvalue weighted by Gasteiger charge is -2.37. The van der Waals surface area contributed by atoms with Crippen molar-refractivity contribution in [2.45, 2.75) is 32.6 Å². The minimum atomic E-state index is -1.59. The van der Waals surface area contributed by atoms with Gasteiger partial charge in [0.1, 0.15) is 0 Å². The van der Waals surface area contributed by atoms with Crippen LogP contribution in [0.2, 0.25) is 5.02 Å². The highest BCUT2D eigenvalue weighted by Crippen LogP contribution is 2.45. The Bertz CT molecular complexity index is 926. The van der Waals surface area contributed by atoms with Crippen LogP contribution in [0, 0.1) is 5.41 Å². The second kappa shape index (κ2) is 9.30. The predicted octanol–water partition coefficient (Wildman–Crippen LogP) is 4.12. The lowest BCUT2D eigenvalue weighted by molar-refractivity contribution is -0.173. The van der Waals surface area contributed by atoms with Crippen LogP contribution in [0.25, 0.3) is 0 Å². The summed E-state index contributed by atoms with van der Waals surface area (Å²) >= 11 is 6.19. The summed E-state index contributed by atoms with van der Waals surface area (Å²) in [7, 11) is 0. The molecule has 0 aliphatic heterocycles. The molecule has 2 aromatic rings. The topological polar surface area (TPSA) is 81.7 Å². The molecule has 6 nitrogen and oxygen atoms in total. The van der Waals surface area contributed by atoms with E-state index in [1.807, 2.05) is 18.2 Å². The third-order valence-corrected chi connectivity index (χ3v) is 5.45. The minimum Gasteiger partial charge on any atom is -0.465 e. The maximum Gasteiger partial charge on any atom is 0.323 e. The molecule has 0 aromatic heterocycles. The molecule has 0 saturated heterocycles. The van der Waals surface area contributed by atoms with E-state index in [1.54, 1.807) is 44.2 Å². The maximum absolute atomic E-state index is 13.2. The monoisotopic (exact) mass is 429 g/mol. The van der Waals surface area contributed by atoms with Crippen LogP contribution in [-0.2, 0) is 30.3 Å². The minimum absolute atomic E-state index is 0.0589. The molecule has 0 saturated carbocycles. The number of ether oxygens (including phenoxy) is 2. The summed E-state index contributed by atoms with van der Waals surface area (Å²) in [6.45, 7) is 3.59. The molecule has 30 heavy (non-hydrogen) atoms. The van der Waals surface area contributed by atoms with E-state index in [4.69, 9.17) is 21.1 Å². The number of amides is 1. The first-order chi connectivity index (χ1) is 14.4. The molecule has 1 aliphatic carbocycles. The molecule has 0 heterocycles. The van der Waals surface area contributed by atoms with Gasteiger partial charge in [0.15, 0.2) is 5.41 Å². The predicted molar refractivity (Wildman–Crippen MR) is 113 cm³/mol. The number of carbonyl (C=O) groups excluding carboxylic acids is 3. The van der Waals surface area contributed by atoms with Gasteiger partial charge in [0.2, 0.25) is 5.91 Å². The summed E-state index contributed by atoms with van der Waals surface area (Å²) in [6, 6.07) is 14.1. The summed E-state index contributed by atoms with van der Waals surface area (Å²) in [5, 5.41) is 3.34. The summed E-state index contributed by atoms with van der Waals surface area (Å²) in [5.74, 6) is -2.47. The third kappa shape index (κ3) is 4.33. The molecule has 1 unspecified atom stereocenters. The standard InChI is InChI=1S/C23H24ClNO5/c1-3-29-21(27)23(22(28)30-4-2)13-15-10-11-16(24)12-18(15)19(14-23)20(26)25-17-8-6-5-7-9-17/h5-12,19H,3-4,13-14H2,1-2H3,(H,25,26). The fourth-order valence-electron chi connectivity index (χ4n) is 3.82. The van der Waals surface area contributed by atoms with E-state index in [1.165, 1.54) is 0 Å². The smallest absolute Gasteiger partial charge is 0.323 e. The molecular formula is C23H24ClNO5. The Morgan fingerprint density at radius 3 is 2.27 bits per heavy atom. The van der Waals surface area contributed by atoms with Crippen molar-refractivity contribution >= 4 is 35.1 Å². The van der Waals surface area contributed by atoms with Gasteiger partial charge in [-0.3, -0.25) is 14.4 Å². The zero-order valence-corrected chi connectivity index (χ0v) is 17.7. The molecule has 2 aromatic carbocycles. The van der Waals surface area contributed by atoms with Crippen molar-refractivity contribution in [3.05, 3.63) is 64.7 Å².